The molecule has 0 unspecified atom stereocenters. The number of rotatable bonds is 8. The minimum atomic E-state index is -0.249. The summed E-state index contributed by atoms with van der Waals surface area (Å²) in [7, 11) is 1.60. The van der Waals surface area contributed by atoms with Gasteiger partial charge in [0.15, 0.2) is 5.96 Å². The lowest BCUT2D eigenvalue weighted by molar-refractivity contribution is -0.114. The highest BCUT2D eigenvalue weighted by molar-refractivity contribution is 6.31. The van der Waals surface area contributed by atoms with Crippen LogP contribution in [0.15, 0.2) is 47.5 Å². The van der Waals surface area contributed by atoms with Crippen LogP contribution in [0, 0.1) is 0 Å². The first-order valence-electron chi connectivity index (χ1n) is 8.95. The third-order valence-corrected chi connectivity index (χ3v) is 4.17. The Labute approximate surface area is 169 Å². The molecule has 0 aliphatic rings. The van der Waals surface area contributed by atoms with Crippen molar-refractivity contribution in [3.63, 3.8) is 0 Å². The van der Waals surface area contributed by atoms with Gasteiger partial charge in [-0.15, -0.1) is 0 Å². The summed E-state index contributed by atoms with van der Waals surface area (Å²) in [6.07, 6.45) is 0.701. The number of amides is 1. The molecule has 4 N–H and O–H groups in total. The maximum atomic E-state index is 12.0. The Morgan fingerprint density at radius 2 is 1.93 bits per heavy atom. The number of hydrogen-bond acceptors (Lipinski definition) is 4. The molecular weight excluding hydrogens is 380 g/mol. The van der Waals surface area contributed by atoms with Crippen LogP contribution < -0.4 is 20.7 Å². The van der Waals surface area contributed by atoms with Crippen molar-refractivity contribution in [3.8, 4) is 11.5 Å². The normalized spacial score (nSPS) is 11.0. The summed E-state index contributed by atoms with van der Waals surface area (Å²) in [6.45, 7) is 3.21. The molecule has 28 heavy (non-hydrogen) atoms. The fraction of sp³-hybridized carbons (Fsp3) is 0.300. The predicted molar refractivity (Wildman–Crippen MR) is 112 cm³/mol. The number of aromatic hydroxyl groups is 1. The molecule has 0 atom stereocenters. The van der Waals surface area contributed by atoms with Gasteiger partial charge in [0, 0.05) is 23.8 Å². The van der Waals surface area contributed by atoms with Gasteiger partial charge in [0.2, 0.25) is 5.91 Å². The molecular formula is C20H25ClN4O3. The summed E-state index contributed by atoms with van der Waals surface area (Å²) in [5.74, 6) is 1.16. The molecule has 0 aliphatic carbocycles. The molecule has 0 fully saturated rings. The quantitative estimate of drug-likeness (QED) is 0.308. The van der Waals surface area contributed by atoms with E-state index in [1.165, 1.54) is 12.1 Å². The Morgan fingerprint density at radius 3 is 2.57 bits per heavy atom. The van der Waals surface area contributed by atoms with E-state index in [4.69, 9.17) is 16.3 Å². The summed E-state index contributed by atoms with van der Waals surface area (Å²) in [5.41, 5.74) is 1.60. The van der Waals surface area contributed by atoms with Crippen LogP contribution in [-0.4, -0.2) is 43.7 Å². The van der Waals surface area contributed by atoms with E-state index in [1.807, 2.05) is 19.1 Å². The van der Waals surface area contributed by atoms with E-state index in [9.17, 15) is 9.90 Å². The SMILES string of the molecule is CCNC(=NCC(=O)Nc1ccc(O)cc1)NCCc1ccc(OC)cc1Cl. The average molecular weight is 405 g/mol. The summed E-state index contributed by atoms with van der Waals surface area (Å²) < 4.78 is 5.15. The largest absolute Gasteiger partial charge is 0.508 e. The smallest absolute Gasteiger partial charge is 0.246 e. The van der Waals surface area contributed by atoms with Crippen LogP contribution >= 0.6 is 11.6 Å². The maximum absolute atomic E-state index is 12.0. The van der Waals surface area contributed by atoms with E-state index in [2.05, 4.69) is 20.9 Å². The highest BCUT2D eigenvalue weighted by Gasteiger charge is 2.05. The lowest BCUT2D eigenvalue weighted by atomic mass is 10.1. The van der Waals surface area contributed by atoms with E-state index in [1.54, 1.807) is 25.3 Å². The second-order valence-corrected chi connectivity index (χ2v) is 6.33. The minimum Gasteiger partial charge on any atom is -0.508 e. The van der Waals surface area contributed by atoms with Gasteiger partial charge in [0.05, 0.1) is 7.11 Å². The number of hydrogen-bond donors (Lipinski definition) is 4. The monoisotopic (exact) mass is 404 g/mol. The fourth-order valence-corrected chi connectivity index (χ4v) is 2.68. The second kappa shape index (κ2) is 11.0. The number of phenolic OH excluding ortho intramolecular Hbond substituents is 1. The number of nitrogens with one attached hydrogen (secondary N) is 3. The molecule has 2 aromatic rings. The number of halogens is 1. The van der Waals surface area contributed by atoms with E-state index in [0.29, 0.717) is 36.2 Å². The lowest BCUT2D eigenvalue weighted by Crippen LogP contribution is -2.39. The number of methoxy groups -OCH3 is 1. The van der Waals surface area contributed by atoms with Gasteiger partial charge in [-0.3, -0.25) is 4.79 Å². The predicted octanol–water partition coefficient (Wildman–Crippen LogP) is 2.79. The fourth-order valence-electron chi connectivity index (χ4n) is 2.41. The summed E-state index contributed by atoms with van der Waals surface area (Å²) >= 11 is 6.25. The molecule has 0 radical (unpaired) electrons. The molecule has 7 nitrogen and oxygen atoms in total. The standard InChI is InChI=1S/C20H25ClN4O3/c1-3-22-20(23-11-10-14-4-9-17(28-2)12-18(14)21)24-13-19(27)25-15-5-7-16(26)8-6-15/h4-9,12,26H,3,10-11,13H2,1-2H3,(H,25,27)(H2,22,23,24). The van der Waals surface area contributed by atoms with Gasteiger partial charge >= 0.3 is 0 Å². The van der Waals surface area contributed by atoms with Gasteiger partial charge in [-0.1, -0.05) is 17.7 Å². The molecule has 0 aromatic heterocycles. The number of carbonyl (C=O) groups is 1. The first-order chi connectivity index (χ1) is 13.5. The Bertz CT molecular complexity index is 810. The zero-order chi connectivity index (χ0) is 20.4. The van der Waals surface area contributed by atoms with E-state index >= 15 is 0 Å². The summed E-state index contributed by atoms with van der Waals surface area (Å²) in [5, 5.41) is 18.9. The molecule has 150 valence electrons. The Kier molecular flexibility index (Phi) is 8.42. The lowest BCUT2D eigenvalue weighted by Gasteiger charge is -2.12. The number of nitrogens with zero attached hydrogens (tertiary/aromatic N) is 1. The number of phenols is 1. The summed E-state index contributed by atoms with van der Waals surface area (Å²) in [4.78, 5) is 16.3. The van der Waals surface area contributed by atoms with Crippen LogP contribution in [0.2, 0.25) is 5.02 Å². The Hall–Kier alpha value is -2.93. The average Bonchev–Trinajstić information content (AvgIpc) is 2.69. The van der Waals surface area contributed by atoms with Crippen molar-refractivity contribution in [2.24, 2.45) is 4.99 Å². The Balaban J connectivity index is 1.85. The van der Waals surface area contributed by atoms with Gasteiger partial charge < -0.3 is 25.8 Å². The third kappa shape index (κ3) is 7.00. The van der Waals surface area contributed by atoms with Crippen molar-refractivity contribution in [2.45, 2.75) is 13.3 Å². The zero-order valence-electron chi connectivity index (χ0n) is 16.0. The van der Waals surface area contributed by atoms with Crippen LogP contribution in [-0.2, 0) is 11.2 Å². The number of carbonyl (C=O) groups excluding carboxylic acids is 1. The number of aliphatic imine (C=N–C) groups is 1. The van der Waals surface area contributed by atoms with Crippen LogP contribution in [0.5, 0.6) is 11.5 Å². The molecule has 1 amide bonds. The van der Waals surface area contributed by atoms with Crippen molar-refractivity contribution >= 4 is 29.2 Å². The second-order valence-electron chi connectivity index (χ2n) is 5.92. The van der Waals surface area contributed by atoms with Crippen LogP contribution in [0.1, 0.15) is 12.5 Å². The van der Waals surface area contributed by atoms with Crippen molar-refractivity contribution in [3.05, 3.63) is 53.1 Å². The van der Waals surface area contributed by atoms with Crippen LogP contribution in [0.4, 0.5) is 5.69 Å². The van der Waals surface area contributed by atoms with Crippen LogP contribution in [0.3, 0.4) is 0 Å². The van der Waals surface area contributed by atoms with E-state index < -0.39 is 0 Å². The third-order valence-electron chi connectivity index (χ3n) is 3.82. The Morgan fingerprint density at radius 1 is 1.18 bits per heavy atom. The number of anilines is 1. The molecule has 2 aromatic carbocycles. The first-order valence-corrected chi connectivity index (χ1v) is 9.33. The van der Waals surface area contributed by atoms with Gasteiger partial charge in [-0.25, -0.2) is 4.99 Å². The molecule has 0 heterocycles. The van der Waals surface area contributed by atoms with Gasteiger partial charge in [0.1, 0.15) is 18.0 Å². The molecule has 0 saturated carbocycles. The van der Waals surface area contributed by atoms with Gasteiger partial charge in [-0.2, -0.15) is 0 Å². The summed E-state index contributed by atoms with van der Waals surface area (Å²) in [6, 6.07) is 11.8. The zero-order valence-corrected chi connectivity index (χ0v) is 16.7. The van der Waals surface area contributed by atoms with Gasteiger partial charge in [-0.05, 0) is 55.3 Å². The highest BCUT2D eigenvalue weighted by Crippen LogP contribution is 2.22. The number of guanidine groups is 1. The molecule has 0 aliphatic heterocycles. The number of benzene rings is 2. The molecule has 0 saturated heterocycles. The van der Waals surface area contributed by atoms with Crippen LogP contribution in [0.25, 0.3) is 0 Å². The van der Waals surface area contributed by atoms with E-state index in [0.717, 1.165) is 11.3 Å². The van der Waals surface area contributed by atoms with Crippen molar-refractivity contribution in [2.75, 3.05) is 32.1 Å². The molecule has 2 rings (SSSR count). The van der Waals surface area contributed by atoms with Crippen molar-refractivity contribution in [1.29, 1.82) is 0 Å². The topological polar surface area (TPSA) is 95.0 Å². The first kappa shape index (κ1) is 21.4. The van der Waals surface area contributed by atoms with E-state index in [-0.39, 0.29) is 18.2 Å². The maximum Gasteiger partial charge on any atom is 0.246 e. The van der Waals surface area contributed by atoms with Crippen molar-refractivity contribution in [1.82, 2.24) is 10.6 Å². The molecule has 0 bridgehead atoms. The van der Waals surface area contributed by atoms with Crippen molar-refractivity contribution < 1.29 is 14.6 Å². The molecule has 0 spiro atoms. The molecule has 8 heteroatoms. The number of ether oxygens (including phenoxy) is 1. The van der Waals surface area contributed by atoms with Gasteiger partial charge in [0.25, 0.3) is 0 Å². The minimum absolute atomic E-state index is 0.0283. The highest BCUT2D eigenvalue weighted by atomic mass is 35.5.